The number of carbonyl (C=O) groups excluding carboxylic acids is 2. The topological polar surface area (TPSA) is 58.2 Å². The summed E-state index contributed by atoms with van der Waals surface area (Å²) in [6, 6.07) is 0. The minimum Gasteiger partial charge on any atom is -0.359 e. The highest BCUT2D eigenvalue weighted by molar-refractivity contribution is 5.83. The smallest absolute Gasteiger partial charge is 0.227 e. The minimum absolute atomic E-state index is 0.0306. The van der Waals surface area contributed by atoms with E-state index in [0.717, 1.165) is 0 Å². The van der Waals surface area contributed by atoms with E-state index >= 15 is 0 Å². The van der Waals surface area contributed by atoms with Crippen molar-refractivity contribution in [2.24, 2.45) is 5.41 Å². The lowest BCUT2D eigenvalue weighted by molar-refractivity contribution is -0.129. The van der Waals surface area contributed by atoms with Crippen molar-refractivity contribution in [3.63, 3.8) is 0 Å². The van der Waals surface area contributed by atoms with E-state index < -0.39 is 5.41 Å². The van der Waals surface area contributed by atoms with Gasteiger partial charge in [0.2, 0.25) is 11.8 Å². The average Bonchev–Trinajstić information content (AvgIpc) is 2.12. The summed E-state index contributed by atoms with van der Waals surface area (Å²) in [5, 5.41) is 5.24. The Morgan fingerprint density at radius 3 is 2.23 bits per heavy atom. The highest BCUT2D eigenvalue weighted by Crippen LogP contribution is 2.12. The van der Waals surface area contributed by atoms with E-state index in [-0.39, 0.29) is 11.8 Å². The maximum absolute atomic E-state index is 11.3. The summed E-state index contributed by atoms with van der Waals surface area (Å²) in [5.41, 5.74) is -0.542. The third-order valence-corrected chi connectivity index (χ3v) is 1.89. The van der Waals surface area contributed by atoms with Crippen LogP contribution in [-0.2, 0) is 9.59 Å². The molecule has 0 saturated heterocycles. The third-order valence-electron chi connectivity index (χ3n) is 1.89. The van der Waals surface area contributed by atoms with Gasteiger partial charge in [-0.3, -0.25) is 9.59 Å². The van der Waals surface area contributed by atoms with Crippen LogP contribution in [0.2, 0.25) is 0 Å². The van der Waals surface area contributed by atoms with Gasteiger partial charge in [-0.05, 0) is 13.8 Å². The molecule has 13 heavy (non-hydrogen) atoms. The van der Waals surface area contributed by atoms with Crippen LogP contribution in [0.15, 0.2) is 0 Å². The maximum Gasteiger partial charge on any atom is 0.227 e. The van der Waals surface area contributed by atoms with Gasteiger partial charge in [0.1, 0.15) is 0 Å². The summed E-state index contributed by atoms with van der Waals surface area (Å²) in [5.74, 6) is -0.0964. The maximum atomic E-state index is 11.3. The minimum atomic E-state index is -0.542. The molecule has 0 aromatic carbocycles. The first-order chi connectivity index (χ1) is 5.94. The first-order valence-electron chi connectivity index (χ1n) is 4.43. The third kappa shape index (κ3) is 3.92. The van der Waals surface area contributed by atoms with Crippen LogP contribution in [0.4, 0.5) is 0 Å². The molecule has 76 valence electrons. The van der Waals surface area contributed by atoms with E-state index in [1.165, 1.54) is 0 Å². The van der Waals surface area contributed by atoms with E-state index in [1.807, 2.05) is 0 Å². The number of amides is 2. The van der Waals surface area contributed by atoms with Gasteiger partial charge in [-0.1, -0.05) is 6.92 Å². The van der Waals surface area contributed by atoms with Crippen LogP contribution in [0.25, 0.3) is 0 Å². The van der Waals surface area contributed by atoms with E-state index in [4.69, 9.17) is 0 Å². The average molecular weight is 186 g/mol. The Morgan fingerprint density at radius 1 is 1.31 bits per heavy atom. The summed E-state index contributed by atoms with van der Waals surface area (Å²) >= 11 is 0. The normalized spacial score (nSPS) is 10.8. The van der Waals surface area contributed by atoms with E-state index in [0.29, 0.717) is 13.0 Å². The summed E-state index contributed by atoms with van der Waals surface area (Å²) in [6.07, 6.45) is 0.448. The van der Waals surface area contributed by atoms with Gasteiger partial charge < -0.3 is 10.6 Å². The molecule has 0 rings (SSSR count). The lowest BCUT2D eigenvalue weighted by Crippen LogP contribution is -2.43. The molecule has 0 radical (unpaired) electrons. The highest BCUT2D eigenvalue weighted by atomic mass is 16.2. The molecule has 0 saturated carbocycles. The molecule has 0 bridgehead atoms. The zero-order chi connectivity index (χ0) is 10.5. The van der Waals surface area contributed by atoms with E-state index in [1.54, 1.807) is 27.8 Å². The second kappa shape index (κ2) is 4.84. The molecule has 0 aromatic heterocycles. The first kappa shape index (κ1) is 11.9. The van der Waals surface area contributed by atoms with Crippen LogP contribution >= 0.6 is 0 Å². The molecule has 0 heterocycles. The van der Waals surface area contributed by atoms with Gasteiger partial charge in [-0.15, -0.1) is 0 Å². The van der Waals surface area contributed by atoms with Crippen molar-refractivity contribution >= 4 is 11.8 Å². The van der Waals surface area contributed by atoms with Crippen molar-refractivity contribution in [2.45, 2.75) is 27.2 Å². The van der Waals surface area contributed by atoms with E-state index in [2.05, 4.69) is 10.6 Å². The van der Waals surface area contributed by atoms with Crippen LogP contribution in [-0.4, -0.2) is 25.4 Å². The SMILES string of the molecule is CCC(=O)NCC(C)(C)C(=O)NC. The summed E-state index contributed by atoms with van der Waals surface area (Å²) < 4.78 is 0. The van der Waals surface area contributed by atoms with Crippen LogP contribution in [0, 0.1) is 5.41 Å². The molecule has 0 aliphatic carbocycles. The van der Waals surface area contributed by atoms with Crippen molar-refractivity contribution in [2.75, 3.05) is 13.6 Å². The predicted octanol–water partition coefficient (Wildman–Crippen LogP) is 0.285. The van der Waals surface area contributed by atoms with Crippen LogP contribution in [0.1, 0.15) is 27.2 Å². The molecule has 0 aliphatic rings. The van der Waals surface area contributed by atoms with Crippen molar-refractivity contribution in [1.29, 1.82) is 0 Å². The molecular formula is C9H18N2O2. The molecule has 4 nitrogen and oxygen atoms in total. The van der Waals surface area contributed by atoms with Gasteiger partial charge in [0.15, 0.2) is 0 Å². The van der Waals surface area contributed by atoms with Crippen LogP contribution < -0.4 is 10.6 Å². The lowest BCUT2D eigenvalue weighted by atomic mass is 9.92. The number of nitrogens with one attached hydrogen (secondary N) is 2. The predicted molar refractivity (Wildman–Crippen MR) is 51.1 cm³/mol. The Labute approximate surface area is 79.1 Å². The fraction of sp³-hybridized carbons (Fsp3) is 0.778. The standard InChI is InChI=1S/C9H18N2O2/c1-5-7(12)11-6-9(2,3)8(13)10-4/h5-6H2,1-4H3,(H,10,13)(H,11,12). The molecule has 0 unspecified atom stereocenters. The Balaban J connectivity index is 4.03. The monoisotopic (exact) mass is 186 g/mol. The molecule has 4 heteroatoms. The molecule has 0 aromatic rings. The van der Waals surface area contributed by atoms with Gasteiger partial charge in [-0.25, -0.2) is 0 Å². The zero-order valence-corrected chi connectivity index (χ0v) is 8.73. The molecule has 0 aliphatic heterocycles. The Hall–Kier alpha value is -1.06. The van der Waals surface area contributed by atoms with E-state index in [9.17, 15) is 9.59 Å². The number of hydrogen-bond acceptors (Lipinski definition) is 2. The van der Waals surface area contributed by atoms with Gasteiger partial charge >= 0.3 is 0 Å². The second-order valence-corrected chi connectivity index (χ2v) is 3.59. The fourth-order valence-corrected chi connectivity index (χ4v) is 0.863. The molecule has 0 spiro atoms. The number of carbonyl (C=O) groups is 2. The summed E-state index contributed by atoms with van der Waals surface area (Å²) in [6.45, 7) is 5.74. The Bertz CT molecular complexity index is 200. The molecule has 0 atom stereocenters. The largest absolute Gasteiger partial charge is 0.359 e. The van der Waals surface area contributed by atoms with Crippen molar-refractivity contribution in [3.05, 3.63) is 0 Å². The molecule has 0 fully saturated rings. The second-order valence-electron chi connectivity index (χ2n) is 3.59. The zero-order valence-electron chi connectivity index (χ0n) is 8.73. The van der Waals surface area contributed by atoms with Crippen molar-refractivity contribution in [3.8, 4) is 0 Å². The Kier molecular flexibility index (Phi) is 4.45. The summed E-state index contributed by atoms with van der Waals surface area (Å²) in [4.78, 5) is 22.2. The summed E-state index contributed by atoms with van der Waals surface area (Å²) in [7, 11) is 1.59. The first-order valence-corrected chi connectivity index (χ1v) is 4.43. The van der Waals surface area contributed by atoms with Crippen molar-refractivity contribution < 1.29 is 9.59 Å². The number of rotatable bonds is 4. The van der Waals surface area contributed by atoms with Crippen LogP contribution in [0.5, 0.6) is 0 Å². The quantitative estimate of drug-likeness (QED) is 0.662. The van der Waals surface area contributed by atoms with Gasteiger partial charge in [0.25, 0.3) is 0 Å². The number of hydrogen-bond donors (Lipinski definition) is 2. The molecular weight excluding hydrogens is 168 g/mol. The van der Waals surface area contributed by atoms with Gasteiger partial charge in [-0.2, -0.15) is 0 Å². The van der Waals surface area contributed by atoms with Crippen molar-refractivity contribution in [1.82, 2.24) is 10.6 Å². The Morgan fingerprint density at radius 2 is 1.85 bits per heavy atom. The lowest BCUT2D eigenvalue weighted by Gasteiger charge is -2.22. The highest BCUT2D eigenvalue weighted by Gasteiger charge is 2.26. The van der Waals surface area contributed by atoms with Gasteiger partial charge in [0.05, 0.1) is 5.41 Å². The molecule has 2 N–H and O–H groups in total. The molecule has 2 amide bonds. The van der Waals surface area contributed by atoms with Crippen LogP contribution in [0.3, 0.4) is 0 Å². The fourth-order valence-electron chi connectivity index (χ4n) is 0.863. The van der Waals surface area contributed by atoms with Gasteiger partial charge in [0, 0.05) is 20.0 Å².